The van der Waals surface area contributed by atoms with Crippen LogP contribution in [0, 0.1) is 0 Å². The van der Waals surface area contributed by atoms with Crippen molar-refractivity contribution in [3.63, 3.8) is 0 Å². The summed E-state index contributed by atoms with van der Waals surface area (Å²) >= 11 is 0. The lowest BCUT2D eigenvalue weighted by molar-refractivity contribution is -0.133. The number of carboxylic acids is 1. The van der Waals surface area contributed by atoms with E-state index in [4.69, 9.17) is 9.53 Å². The van der Waals surface area contributed by atoms with E-state index in [1.54, 1.807) is 0 Å². The van der Waals surface area contributed by atoms with Crippen molar-refractivity contribution in [3.8, 4) is 0 Å². The summed E-state index contributed by atoms with van der Waals surface area (Å²) in [6.07, 6.45) is 1.72. The number of aliphatic carboxylic acids is 1. The second-order valence-corrected chi connectivity index (χ2v) is 7.64. The SMILES string of the molecule is CC[Si](C)(C)OC(=O)/C=C\C(=O)O. The van der Waals surface area contributed by atoms with Gasteiger partial charge in [0.05, 0.1) is 0 Å². The first-order valence-electron chi connectivity index (χ1n) is 4.01. The van der Waals surface area contributed by atoms with E-state index in [0.29, 0.717) is 0 Å². The van der Waals surface area contributed by atoms with Crippen molar-refractivity contribution >= 4 is 20.3 Å². The van der Waals surface area contributed by atoms with Crippen LogP contribution in [0.2, 0.25) is 19.1 Å². The third kappa shape index (κ3) is 6.09. The molecule has 0 aromatic heterocycles. The van der Waals surface area contributed by atoms with Crippen molar-refractivity contribution < 1.29 is 19.1 Å². The lowest BCUT2D eigenvalue weighted by Crippen LogP contribution is -2.31. The van der Waals surface area contributed by atoms with Gasteiger partial charge in [-0.05, 0) is 19.1 Å². The maximum absolute atomic E-state index is 11.0. The Labute approximate surface area is 78.3 Å². The third-order valence-electron chi connectivity index (χ3n) is 1.59. The molecule has 0 aliphatic rings. The van der Waals surface area contributed by atoms with Gasteiger partial charge in [-0.2, -0.15) is 0 Å². The zero-order valence-corrected chi connectivity index (χ0v) is 9.03. The van der Waals surface area contributed by atoms with Crippen LogP contribution in [0.15, 0.2) is 12.2 Å². The molecule has 0 aromatic rings. The van der Waals surface area contributed by atoms with Gasteiger partial charge in [-0.3, -0.25) is 0 Å². The Hall–Kier alpha value is -1.10. The number of carbonyl (C=O) groups excluding carboxylic acids is 1. The molecule has 0 radical (unpaired) electrons. The molecule has 4 nitrogen and oxygen atoms in total. The van der Waals surface area contributed by atoms with Gasteiger partial charge >= 0.3 is 11.9 Å². The molecule has 74 valence electrons. The first-order valence-corrected chi connectivity index (χ1v) is 7.13. The monoisotopic (exact) mass is 202 g/mol. The zero-order chi connectivity index (χ0) is 10.5. The number of carbonyl (C=O) groups is 2. The molecule has 0 saturated heterocycles. The van der Waals surface area contributed by atoms with E-state index in [1.165, 1.54) is 0 Å². The minimum atomic E-state index is -1.91. The van der Waals surface area contributed by atoms with Crippen LogP contribution in [0.5, 0.6) is 0 Å². The molecule has 5 heteroatoms. The van der Waals surface area contributed by atoms with Crippen molar-refractivity contribution in [3.05, 3.63) is 12.2 Å². The Morgan fingerprint density at radius 2 is 1.92 bits per heavy atom. The maximum Gasteiger partial charge on any atom is 0.328 e. The summed E-state index contributed by atoms with van der Waals surface area (Å²) in [4.78, 5) is 21.0. The molecule has 0 bridgehead atoms. The fourth-order valence-electron chi connectivity index (χ4n) is 0.518. The Morgan fingerprint density at radius 1 is 1.38 bits per heavy atom. The Morgan fingerprint density at radius 3 is 2.31 bits per heavy atom. The summed E-state index contributed by atoms with van der Waals surface area (Å²) in [6, 6.07) is 0.819. The fraction of sp³-hybridized carbons (Fsp3) is 0.500. The quantitative estimate of drug-likeness (QED) is 0.553. The summed E-state index contributed by atoms with van der Waals surface area (Å²) in [5.41, 5.74) is 0. The van der Waals surface area contributed by atoms with Gasteiger partial charge < -0.3 is 9.53 Å². The van der Waals surface area contributed by atoms with Gasteiger partial charge in [0.25, 0.3) is 0 Å². The van der Waals surface area contributed by atoms with Crippen molar-refractivity contribution in [1.29, 1.82) is 0 Å². The molecule has 0 heterocycles. The van der Waals surface area contributed by atoms with Gasteiger partial charge in [0.15, 0.2) is 0 Å². The number of hydrogen-bond acceptors (Lipinski definition) is 3. The summed E-state index contributed by atoms with van der Waals surface area (Å²) in [7, 11) is -1.91. The average molecular weight is 202 g/mol. The molecule has 1 N–H and O–H groups in total. The molecule has 0 unspecified atom stereocenters. The normalized spacial score (nSPS) is 11.6. The van der Waals surface area contributed by atoms with Gasteiger partial charge in [0.1, 0.15) is 0 Å². The van der Waals surface area contributed by atoms with E-state index < -0.39 is 20.3 Å². The highest BCUT2D eigenvalue weighted by molar-refractivity contribution is 6.72. The van der Waals surface area contributed by atoms with E-state index in [2.05, 4.69) is 0 Å². The van der Waals surface area contributed by atoms with Gasteiger partial charge in [0, 0.05) is 12.2 Å². The molecule has 0 rings (SSSR count). The highest BCUT2D eigenvalue weighted by Gasteiger charge is 2.23. The molecular weight excluding hydrogens is 188 g/mol. The average Bonchev–Trinajstić information content (AvgIpc) is 2.00. The van der Waals surface area contributed by atoms with Crippen molar-refractivity contribution in [2.75, 3.05) is 0 Å². The molecule has 0 saturated carbocycles. The lowest BCUT2D eigenvalue weighted by atomic mass is 10.5. The highest BCUT2D eigenvalue weighted by Crippen LogP contribution is 2.09. The Kier molecular flexibility index (Phi) is 4.40. The molecule has 0 aliphatic carbocycles. The summed E-state index contributed by atoms with van der Waals surface area (Å²) < 4.78 is 5.09. The van der Waals surface area contributed by atoms with Crippen LogP contribution in [-0.4, -0.2) is 25.4 Å². The number of hydrogen-bond donors (Lipinski definition) is 1. The molecule has 0 atom stereocenters. The smallest absolute Gasteiger partial charge is 0.328 e. The second-order valence-electron chi connectivity index (χ2n) is 3.21. The predicted octanol–water partition coefficient (Wildman–Crippen LogP) is 1.40. The number of carboxylic acid groups (broad SMARTS) is 1. The van der Waals surface area contributed by atoms with Crippen LogP contribution < -0.4 is 0 Å². The van der Waals surface area contributed by atoms with Gasteiger partial charge in [0.2, 0.25) is 8.32 Å². The zero-order valence-electron chi connectivity index (χ0n) is 8.03. The molecule has 0 aromatic carbocycles. The van der Waals surface area contributed by atoms with Crippen LogP contribution in [0.1, 0.15) is 6.92 Å². The molecular formula is C8H14O4Si. The van der Waals surface area contributed by atoms with Gasteiger partial charge in [-0.25, -0.2) is 9.59 Å². The minimum Gasteiger partial charge on any atom is -0.517 e. The summed E-state index contributed by atoms with van der Waals surface area (Å²) in [6.45, 7) is 5.75. The molecule has 0 spiro atoms. The van der Waals surface area contributed by atoms with Crippen LogP contribution in [0.4, 0.5) is 0 Å². The predicted molar refractivity (Wildman–Crippen MR) is 50.8 cm³/mol. The van der Waals surface area contributed by atoms with E-state index in [-0.39, 0.29) is 0 Å². The lowest BCUT2D eigenvalue weighted by Gasteiger charge is -2.19. The topological polar surface area (TPSA) is 63.6 Å². The van der Waals surface area contributed by atoms with Crippen LogP contribution in [0.3, 0.4) is 0 Å². The Bertz CT molecular complexity index is 232. The molecule has 13 heavy (non-hydrogen) atoms. The largest absolute Gasteiger partial charge is 0.517 e. The van der Waals surface area contributed by atoms with Crippen LogP contribution in [-0.2, 0) is 14.0 Å². The number of rotatable bonds is 4. The summed E-state index contributed by atoms with van der Waals surface area (Å²) in [5, 5.41) is 8.23. The fourth-order valence-corrected chi connectivity index (χ4v) is 1.27. The minimum absolute atomic E-state index is 0.569. The summed E-state index contributed by atoms with van der Waals surface area (Å²) in [5.74, 6) is -1.71. The van der Waals surface area contributed by atoms with Crippen molar-refractivity contribution in [2.24, 2.45) is 0 Å². The van der Waals surface area contributed by atoms with Crippen LogP contribution in [0.25, 0.3) is 0 Å². The third-order valence-corrected chi connectivity index (χ3v) is 4.05. The first kappa shape index (κ1) is 11.9. The molecule has 0 amide bonds. The van der Waals surface area contributed by atoms with Crippen LogP contribution >= 0.6 is 0 Å². The standard InChI is InChI=1S/C8H14O4Si/c1-4-13(2,3)12-8(11)6-5-7(9)10/h5-6H,4H2,1-3H3,(H,9,10)/b6-5-. The van der Waals surface area contributed by atoms with Gasteiger partial charge in [-0.1, -0.05) is 6.92 Å². The van der Waals surface area contributed by atoms with Crippen molar-refractivity contribution in [2.45, 2.75) is 26.1 Å². The van der Waals surface area contributed by atoms with E-state index in [1.807, 2.05) is 20.0 Å². The second kappa shape index (κ2) is 4.81. The molecule has 0 fully saturated rings. The van der Waals surface area contributed by atoms with E-state index in [0.717, 1.165) is 18.2 Å². The van der Waals surface area contributed by atoms with Crippen molar-refractivity contribution in [1.82, 2.24) is 0 Å². The van der Waals surface area contributed by atoms with E-state index in [9.17, 15) is 9.59 Å². The highest BCUT2D eigenvalue weighted by atomic mass is 28.4. The molecule has 0 aliphatic heterocycles. The van der Waals surface area contributed by atoms with E-state index >= 15 is 0 Å². The maximum atomic E-state index is 11.0. The van der Waals surface area contributed by atoms with Gasteiger partial charge in [-0.15, -0.1) is 0 Å². The first-order chi connectivity index (χ1) is 5.87. The Balaban J connectivity index is 4.09.